The second-order valence-electron chi connectivity index (χ2n) is 3.46. The molecule has 72 valence electrons. The van der Waals surface area contributed by atoms with Gasteiger partial charge in [-0.15, -0.1) is 0 Å². The molecule has 0 aliphatic carbocycles. The van der Waals surface area contributed by atoms with Crippen LogP contribution in [0.3, 0.4) is 0 Å². The van der Waals surface area contributed by atoms with E-state index in [0.717, 1.165) is 16.8 Å². The highest BCUT2D eigenvalue weighted by molar-refractivity contribution is 6.34. The van der Waals surface area contributed by atoms with Crippen LogP contribution in [-0.2, 0) is 0 Å². The minimum atomic E-state index is 0.670. The van der Waals surface area contributed by atoms with Gasteiger partial charge < -0.3 is 10.6 Å². The number of nitrogens with two attached hydrogens (primary N) is 1. The van der Waals surface area contributed by atoms with Crippen LogP contribution < -0.4 is 10.6 Å². The Morgan fingerprint density at radius 2 is 1.85 bits per heavy atom. The van der Waals surface area contributed by atoms with Gasteiger partial charge in [-0.2, -0.15) is 0 Å². The maximum atomic E-state index is 6.08. The summed E-state index contributed by atoms with van der Waals surface area (Å²) in [7, 11) is 3.99. The summed E-state index contributed by atoms with van der Waals surface area (Å²) in [6.45, 7) is 3.95. The molecule has 0 radical (unpaired) electrons. The van der Waals surface area contributed by atoms with Gasteiger partial charge in [0, 0.05) is 19.8 Å². The molecule has 0 heterocycles. The van der Waals surface area contributed by atoms with Crippen LogP contribution >= 0.6 is 11.6 Å². The van der Waals surface area contributed by atoms with Crippen molar-refractivity contribution in [2.45, 2.75) is 13.8 Å². The van der Waals surface area contributed by atoms with Crippen LogP contribution in [0.2, 0.25) is 5.02 Å². The van der Waals surface area contributed by atoms with Crippen LogP contribution in [0, 0.1) is 13.8 Å². The average molecular weight is 199 g/mol. The first kappa shape index (κ1) is 10.2. The Balaban J connectivity index is 3.41. The molecular weight excluding hydrogens is 184 g/mol. The van der Waals surface area contributed by atoms with Crippen LogP contribution in [0.1, 0.15) is 11.1 Å². The number of anilines is 2. The van der Waals surface area contributed by atoms with E-state index in [1.807, 2.05) is 32.8 Å². The van der Waals surface area contributed by atoms with E-state index in [-0.39, 0.29) is 0 Å². The molecule has 0 unspecified atom stereocenters. The molecule has 0 aliphatic rings. The summed E-state index contributed by atoms with van der Waals surface area (Å²) in [5.41, 5.74) is 9.67. The lowest BCUT2D eigenvalue weighted by molar-refractivity contribution is 1.11. The van der Waals surface area contributed by atoms with Crippen molar-refractivity contribution in [3.8, 4) is 0 Å². The fourth-order valence-corrected chi connectivity index (χ4v) is 1.59. The second kappa shape index (κ2) is 3.46. The number of rotatable bonds is 1. The molecule has 0 atom stereocenters. The normalized spacial score (nSPS) is 10.2. The monoisotopic (exact) mass is 198 g/mol. The molecule has 0 aromatic heterocycles. The molecule has 1 rings (SSSR count). The van der Waals surface area contributed by atoms with E-state index >= 15 is 0 Å². The van der Waals surface area contributed by atoms with E-state index in [1.54, 1.807) is 0 Å². The third kappa shape index (κ3) is 1.73. The lowest BCUT2D eigenvalue weighted by Crippen LogP contribution is -2.11. The Morgan fingerprint density at radius 1 is 1.31 bits per heavy atom. The molecule has 0 amide bonds. The maximum absolute atomic E-state index is 6.08. The summed E-state index contributed by atoms with van der Waals surface area (Å²) in [6, 6.07) is 2.05. The predicted octanol–water partition coefficient (Wildman–Crippen LogP) is 2.61. The van der Waals surface area contributed by atoms with Gasteiger partial charge >= 0.3 is 0 Å². The van der Waals surface area contributed by atoms with Crippen molar-refractivity contribution < 1.29 is 0 Å². The Bertz CT molecular complexity index is 332. The topological polar surface area (TPSA) is 29.3 Å². The van der Waals surface area contributed by atoms with Crippen LogP contribution in [0.5, 0.6) is 0 Å². The van der Waals surface area contributed by atoms with Gasteiger partial charge in [0.1, 0.15) is 0 Å². The van der Waals surface area contributed by atoms with Crippen molar-refractivity contribution in [2.24, 2.45) is 0 Å². The van der Waals surface area contributed by atoms with Gasteiger partial charge in [-0.05, 0) is 31.0 Å². The van der Waals surface area contributed by atoms with Gasteiger partial charge in [-0.1, -0.05) is 11.6 Å². The third-order valence-corrected chi connectivity index (χ3v) is 2.70. The summed E-state index contributed by atoms with van der Waals surface area (Å²) in [6.07, 6.45) is 0. The molecule has 0 aliphatic heterocycles. The Kier molecular flexibility index (Phi) is 2.71. The standard InChI is InChI=1S/C10H15ClN2/c1-6-5-8(13(3)4)7(2)9(11)10(6)12/h5H,12H2,1-4H3. The number of nitrogen functional groups attached to an aromatic ring is 1. The van der Waals surface area contributed by atoms with Crippen molar-refractivity contribution in [1.29, 1.82) is 0 Å². The number of halogens is 1. The molecule has 1 aromatic rings. The molecule has 2 nitrogen and oxygen atoms in total. The first-order chi connectivity index (χ1) is 5.95. The van der Waals surface area contributed by atoms with Gasteiger partial charge in [0.15, 0.2) is 0 Å². The van der Waals surface area contributed by atoms with Gasteiger partial charge in [0.25, 0.3) is 0 Å². The lowest BCUT2D eigenvalue weighted by atomic mass is 10.1. The van der Waals surface area contributed by atoms with Gasteiger partial charge in [0.05, 0.1) is 10.7 Å². The van der Waals surface area contributed by atoms with Gasteiger partial charge in [0.2, 0.25) is 0 Å². The van der Waals surface area contributed by atoms with Crippen LogP contribution in [-0.4, -0.2) is 14.1 Å². The zero-order chi connectivity index (χ0) is 10.2. The minimum absolute atomic E-state index is 0.670. The highest BCUT2D eigenvalue weighted by Gasteiger charge is 2.09. The number of benzene rings is 1. The first-order valence-corrected chi connectivity index (χ1v) is 4.55. The summed E-state index contributed by atoms with van der Waals surface area (Å²) in [5.74, 6) is 0. The lowest BCUT2D eigenvalue weighted by Gasteiger charge is -2.18. The van der Waals surface area contributed by atoms with Gasteiger partial charge in [-0.3, -0.25) is 0 Å². The second-order valence-corrected chi connectivity index (χ2v) is 3.84. The summed E-state index contributed by atoms with van der Waals surface area (Å²) in [4.78, 5) is 2.04. The smallest absolute Gasteiger partial charge is 0.0687 e. The van der Waals surface area contributed by atoms with Crippen LogP contribution in [0.15, 0.2) is 6.07 Å². The SMILES string of the molecule is Cc1cc(N(C)C)c(C)c(Cl)c1N. The Morgan fingerprint density at radius 3 is 2.31 bits per heavy atom. The van der Waals surface area contributed by atoms with E-state index < -0.39 is 0 Å². The van der Waals surface area contributed by atoms with E-state index in [9.17, 15) is 0 Å². The van der Waals surface area contributed by atoms with Crippen molar-refractivity contribution >= 4 is 23.0 Å². The number of nitrogens with zero attached hydrogens (tertiary/aromatic N) is 1. The number of aryl methyl sites for hydroxylation is 1. The Hall–Kier alpha value is -0.890. The predicted molar refractivity (Wildman–Crippen MR) is 59.7 cm³/mol. The largest absolute Gasteiger partial charge is 0.397 e. The molecule has 0 saturated heterocycles. The molecule has 0 saturated carbocycles. The summed E-state index contributed by atoms with van der Waals surface area (Å²) in [5, 5.41) is 0.670. The summed E-state index contributed by atoms with van der Waals surface area (Å²) < 4.78 is 0. The van der Waals surface area contributed by atoms with Crippen molar-refractivity contribution in [3.05, 3.63) is 22.2 Å². The fraction of sp³-hybridized carbons (Fsp3) is 0.400. The van der Waals surface area contributed by atoms with E-state index in [1.165, 1.54) is 0 Å². The molecule has 0 spiro atoms. The molecule has 3 heteroatoms. The molecule has 0 bridgehead atoms. The minimum Gasteiger partial charge on any atom is -0.397 e. The summed E-state index contributed by atoms with van der Waals surface area (Å²) >= 11 is 6.08. The third-order valence-electron chi connectivity index (χ3n) is 2.21. The number of hydrogen-bond donors (Lipinski definition) is 1. The fourth-order valence-electron chi connectivity index (χ4n) is 1.34. The van der Waals surface area contributed by atoms with E-state index in [0.29, 0.717) is 10.7 Å². The van der Waals surface area contributed by atoms with E-state index in [2.05, 4.69) is 6.07 Å². The zero-order valence-corrected chi connectivity index (χ0v) is 9.24. The highest BCUT2D eigenvalue weighted by atomic mass is 35.5. The average Bonchev–Trinajstić information content (AvgIpc) is 2.07. The molecule has 13 heavy (non-hydrogen) atoms. The Labute approximate surface area is 84.3 Å². The molecule has 0 fully saturated rings. The molecular formula is C10H15ClN2. The van der Waals surface area contributed by atoms with Gasteiger partial charge in [-0.25, -0.2) is 0 Å². The zero-order valence-electron chi connectivity index (χ0n) is 8.48. The maximum Gasteiger partial charge on any atom is 0.0687 e. The molecule has 1 aromatic carbocycles. The van der Waals surface area contributed by atoms with Crippen LogP contribution in [0.4, 0.5) is 11.4 Å². The quantitative estimate of drug-likeness (QED) is 0.703. The van der Waals surface area contributed by atoms with Crippen molar-refractivity contribution in [1.82, 2.24) is 0 Å². The first-order valence-electron chi connectivity index (χ1n) is 4.17. The number of hydrogen-bond acceptors (Lipinski definition) is 2. The van der Waals surface area contributed by atoms with E-state index in [4.69, 9.17) is 17.3 Å². The highest BCUT2D eigenvalue weighted by Crippen LogP contribution is 2.33. The van der Waals surface area contributed by atoms with Crippen molar-refractivity contribution in [2.75, 3.05) is 24.7 Å². The van der Waals surface area contributed by atoms with Crippen molar-refractivity contribution in [3.63, 3.8) is 0 Å². The van der Waals surface area contributed by atoms with Crippen LogP contribution in [0.25, 0.3) is 0 Å². The molecule has 2 N–H and O–H groups in total.